The SMILES string of the molecule is CCc1cccc(NC(=O)CN(Cc2ccco2)S(=O)(=O)c2ccc(NC(C)=O)cc2)c1. The average Bonchev–Trinajstić information content (AvgIpc) is 3.26. The van der Waals surface area contributed by atoms with E-state index < -0.39 is 22.5 Å². The number of amides is 2. The van der Waals surface area contributed by atoms with Gasteiger partial charge in [-0.25, -0.2) is 8.42 Å². The molecule has 0 saturated heterocycles. The van der Waals surface area contributed by atoms with E-state index in [0.717, 1.165) is 16.3 Å². The zero-order valence-electron chi connectivity index (χ0n) is 17.9. The minimum atomic E-state index is -4.02. The number of hydrogen-bond donors (Lipinski definition) is 2. The van der Waals surface area contributed by atoms with Crippen molar-refractivity contribution in [2.24, 2.45) is 0 Å². The van der Waals surface area contributed by atoms with Gasteiger partial charge < -0.3 is 15.1 Å². The van der Waals surface area contributed by atoms with Gasteiger partial charge in [0.2, 0.25) is 21.8 Å². The molecule has 0 bridgehead atoms. The van der Waals surface area contributed by atoms with E-state index in [1.54, 1.807) is 18.2 Å². The zero-order chi connectivity index (χ0) is 23.1. The molecule has 0 radical (unpaired) electrons. The van der Waals surface area contributed by atoms with Gasteiger partial charge in [-0.2, -0.15) is 4.31 Å². The molecule has 0 aliphatic heterocycles. The summed E-state index contributed by atoms with van der Waals surface area (Å²) >= 11 is 0. The van der Waals surface area contributed by atoms with Crippen molar-refractivity contribution in [2.75, 3.05) is 17.2 Å². The van der Waals surface area contributed by atoms with Crippen LogP contribution in [-0.4, -0.2) is 31.1 Å². The fraction of sp³-hybridized carbons (Fsp3) is 0.217. The number of benzene rings is 2. The highest BCUT2D eigenvalue weighted by Crippen LogP contribution is 2.21. The smallest absolute Gasteiger partial charge is 0.243 e. The lowest BCUT2D eigenvalue weighted by molar-refractivity contribution is -0.116. The number of carbonyl (C=O) groups excluding carboxylic acids is 2. The molecule has 9 heteroatoms. The number of nitrogens with one attached hydrogen (secondary N) is 2. The van der Waals surface area contributed by atoms with Gasteiger partial charge in [0, 0.05) is 18.3 Å². The molecule has 2 N–H and O–H groups in total. The summed E-state index contributed by atoms with van der Waals surface area (Å²) in [6.07, 6.45) is 2.26. The summed E-state index contributed by atoms with van der Waals surface area (Å²) in [4.78, 5) is 23.9. The fourth-order valence-corrected chi connectivity index (χ4v) is 4.46. The Labute approximate surface area is 187 Å². The van der Waals surface area contributed by atoms with Crippen LogP contribution in [0.4, 0.5) is 11.4 Å². The second-order valence-corrected chi connectivity index (χ2v) is 9.10. The first-order valence-electron chi connectivity index (χ1n) is 10.1. The Hall–Kier alpha value is -3.43. The zero-order valence-corrected chi connectivity index (χ0v) is 18.7. The molecule has 32 heavy (non-hydrogen) atoms. The third-order valence-corrected chi connectivity index (χ3v) is 6.47. The van der Waals surface area contributed by atoms with E-state index >= 15 is 0 Å². The van der Waals surface area contributed by atoms with Gasteiger partial charge >= 0.3 is 0 Å². The lowest BCUT2D eigenvalue weighted by atomic mass is 10.1. The summed E-state index contributed by atoms with van der Waals surface area (Å²) in [5.41, 5.74) is 2.13. The van der Waals surface area contributed by atoms with E-state index in [9.17, 15) is 18.0 Å². The first-order chi connectivity index (χ1) is 15.3. The van der Waals surface area contributed by atoms with E-state index in [1.165, 1.54) is 37.5 Å². The molecule has 0 aliphatic rings. The quantitative estimate of drug-likeness (QED) is 0.512. The van der Waals surface area contributed by atoms with Crippen LogP contribution in [0.15, 0.2) is 76.2 Å². The first-order valence-corrected chi connectivity index (χ1v) is 11.5. The average molecular weight is 456 g/mol. The van der Waals surface area contributed by atoms with E-state index in [2.05, 4.69) is 10.6 Å². The molecule has 168 valence electrons. The summed E-state index contributed by atoms with van der Waals surface area (Å²) < 4.78 is 33.0. The highest BCUT2D eigenvalue weighted by atomic mass is 32.2. The molecular weight excluding hydrogens is 430 g/mol. The predicted octanol–water partition coefficient (Wildman–Crippen LogP) is 3.63. The highest BCUT2D eigenvalue weighted by molar-refractivity contribution is 7.89. The molecule has 0 atom stereocenters. The lowest BCUT2D eigenvalue weighted by Gasteiger charge is -2.21. The van der Waals surface area contributed by atoms with Crippen molar-refractivity contribution in [1.82, 2.24) is 4.31 Å². The third kappa shape index (κ3) is 6.05. The van der Waals surface area contributed by atoms with Crippen LogP contribution in [0.2, 0.25) is 0 Å². The maximum absolute atomic E-state index is 13.3. The number of rotatable bonds is 9. The maximum atomic E-state index is 13.3. The van der Waals surface area contributed by atoms with Crippen molar-refractivity contribution in [1.29, 1.82) is 0 Å². The summed E-state index contributed by atoms with van der Waals surface area (Å²) in [6, 6.07) is 16.5. The lowest BCUT2D eigenvalue weighted by Crippen LogP contribution is -2.37. The van der Waals surface area contributed by atoms with E-state index in [1.807, 2.05) is 25.1 Å². The molecule has 3 rings (SSSR count). The van der Waals surface area contributed by atoms with Crippen LogP contribution in [-0.2, 0) is 32.6 Å². The summed E-state index contributed by atoms with van der Waals surface area (Å²) in [5.74, 6) is -0.323. The number of sulfonamides is 1. The Morgan fingerprint density at radius 2 is 1.72 bits per heavy atom. The molecule has 8 nitrogen and oxygen atoms in total. The van der Waals surface area contributed by atoms with E-state index in [4.69, 9.17) is 4.42 Å². The summed E-state index contributed by atoms with van der Waals surface area (Å²) in [7, 11) is -4.02. The number of aryl methyl sites for hydroxylation is 1. The topological polar surface area (TPSA) is 109 Å². The van der Waals surface area contributed by atoms with Gasteiger partial charge in [0.05, 0.1) is 24.2 Å². The van der Waals surface area contributed by atoms with Gasteiger partial charge in [-0.3, -0.25) is 9.59 Å². The molecular formula is C23H25N3O5S. The van der Waals surface area contributed by atoms with E-state index in [0.29, 0.717) is 17.1 Å². The van der Waals surface area contributed by atoms with Crippen molar-refractivity contribution in [3.05, 3.63) is 78.3 Å². The molecule has 2 amide bonds. The standard InChI is InChI=1S/C23H25N3O5S/c1-3-18-6-4-7-20(14-18)25-23(28)16-26(15-21-8-5-13-31-21)32(29,30)22-11-9-19(10-12-22)24-17(2)27/h4-14H,3,15-16H2,1-2H3,(H,24,27)(H,25,28). The Morgan fingerprint density at radius 1 is 0.969 bits per heavy atom. The van der Waals surface area contributed by atoms with Gasteiger partial charge in [-0.15, -0.1) is 0 Å². The van der Waals surface area contributed by atoms with Crippen molar-refractivity contribution >= 4 is 33.2 Å². The second-order valence-electron chi connectivity index (χ2n) is 7.16. The number of hydrogen-bond acceptors (Lipinski definition) is 5. The van der Waals surface area contributed by atoms with E-state index in [-0.39, 0.29) is 17.3 Å². The van der Waals surface area contributed by atoms with Crippen LogP contribution >= 0.6 is 0 Å². The van der Waals surface area contributed by atoms with Crippen LogP contribution in [0, 0.1) is 0 Å². The fourth-order valence-electron chi connectivity index (χ4n) is 3.09. The number of furan rings is 1. The van der Waals surface area contributed by atoms with Crippen LogP contribution in [0.1, 0.15) is 25.2 Å². The summed E-state index contributed by atoms with van der Waals surface area (Å²) in [5, 5.41) is 5.35. The van der Waals surface area contributed by atoms with Gasteiger partial charge in [0.15, 0.2) is 0 Å². The molecule has 1 heterocycles. The molecule has 0 spiro atoms. The first kappa shape index (κ1) is 23.2. The monoisotopic (exact) mass is 455 g/mol. The molecule has 0 aliphatic carbocycles. The number of nitrogens with zero attached hydrogens (tertiary/aromatic N) is 1. The normalized spacial score (nSPS) is 11.3. The van der Waals surface area contributed by atoms with Gasteiger partial charge in [-0.05, 0) is 60.5 Å². The van der Waals surface area contributed by atoms with Crippen LogP contribution < -0.4 is 10.6 Å². The maximum Gasteiger partial charge on any atom is 0.243 e. The molecule has 1 aromatic heterocycles. The van der Waals surface area contributed by atoms with Crippen molar-refractivity contribution in [3.63, 3.8) is 0 Å². The minimum Gasteiger partial charge on any atom is -0.468 e. The molecule has 3 aromatic rings. The number of carbonyl (C=O) groups is 2. The highest BCUT2D eigenvalue weighted by Gasteiger charge is 2.28. The van der Waals surface area contributed by atoms with Gasteiger partial charge in [0.25, 0.3) is 0 Å². The largest absolute Gasteiger partial charge is 0.468 e. The van der Waals surface area contributed by atoms with Crippen molar-refractivity contribution < 1.29 is 22.4 Å². The Morgan fingerprint density at radius 3 is 2.34 bits per heavy atom. The third-order valence-electron chi connectivity index (χ3n) is 4.66. The van der Waals surface area contributed by atoms with Gasteiger partial charge in [0.1, 0.15) is 5.76 Å². The molecule has 0 unspecified atom stereocenters. The second kappa shape index (κ2) is 10.3. The Bertz CT molecular complexity index is 1170. The van der Waals surface area contributed by atoms with Crippen molar-refractivity contribution in [3.8, 4) is 0 Å². The molecule has 0 fully saturated rings. The predicted molar refractivity (Wildman–Crippen MR) is 121 cm³/mol. The Kier molecular flexibility index (Phi) is 7.45. The number of anilines is 2. The molecule has 0 saturated carbocycles. The van der Waals surface area contributed by atoms with Crippen molar-refractivity contribution in [2.45, 2.75) is 31.7 Å². The Balaban J connectivity index is 1.82. The van der Waals surface area contributed by atoms with Crippen LogP contribution in [0.5, 0.6) is 0 Å². The summed E-state index contributed by atoms with van der Waals surface area (Å²) in [6.45, 7) is 2.87. The van der Waals surface area contributed by atoms with Gasteiger partial charge in [-0.1, -0.05) is 19.1 Å². The van der Waals surface area contributed by atoms with Crippen LogP contribution in [0.25, 0.3) is 0 Å². The minimum absolute atomic E-state index is 0.000983. The van der Waals surface area contributed by atoms with Crippen LogP contribution in [0.3, 0.4) is 0 Å². The molecule has 2 aromatic carbocycles.